The van der Waals surface area contributed by atoms with Crippen LogP contribution in [0.25, 0.3) is 0 Å². The first-order valence-electron chi connectivity index (χ1n) is 9.96. The van der Waals surface area contributed by atoms with Crippen LogP contribution in [0.1, 0.15) is 17.4 Å². The first-order chi connectivity index (χ1) is 14.6. The molecule has 30 heavy (non-hydrogen) atoms. The number of anilines is 1. The maximum atomic E-state index is 13.6. The molecule has 1 aliphatic heterocycles. The van der Waals surface area contributed by atoms with E-state index in [1.807, 2.05) is 29.6 Å². The first-order valence-corrected chi connectivity index (χ1v) is 10.8. The third kappa shape index (κ3) is 5.15. The summed E-state index contributed by atoms with van der Waals surface area (Å²) in [6.07, 6.45) is 0.528. The van der Waals surface area contributed by atoms with Crippen molar-refractivity contribution in [1.29, 1.82) is 0 Å². The molecule has 1 saturated heterocycles. The van der Waals surface area contributed by atoms with Crippen LogP contribution in [0.5, 0.6) is 5.75 Å². The predicted octanol–water partition coefficient (Wildman–Crippen LogP) is 5.50. The van der Waals surface area contributed by atoms with Crippen LogP contribution >= 0.6 is 11.3 Å². The van der Waals surface area contributed by atoms with Gasteiger partial charge in [0.2, 0.25) is 0 Å². The lowest BCUT2D eigenvalue weighted by Crippen LogP contribution is -2.46. The van der Waals surface area contributed by atoms with Gasteiger partial charge >= 0.3 is 0 Å². The van der Waals surface area contributed by atoms with Crippen molar-refractivity contribution in [1.82, 2.24) is 4.90 Å². The van der Waals surface area contributed by atoms with Crippen LogP contribution < -0.4 is 9.64 Å². The van der Waals surface area contributed by atoms with Gasteiger partial charge in [0.05, 0.1) is 0 Å². The van der Waals surface area contributed by atoms with Crippen molar-refractivity contribution in [3.05, 3.63) is 82.3 Å². The van der Waals surface area contributed by atoms with E-state index in [2.05, 4.69) is 9.80 Å². The fourth-order valence-electron chi connectivity index (χ4n) is 3.63. The summed E-state index contributed by atoms with van der Waals surface area (Å²) in [6.45, 7) is 4.39. The molecule has 2 heterocycles. The number of hydrogen-bond donors (Lipinski definition) is 0. The zero-order valence-electron chi connectivity index (χ0n) is 16.4. The van der Waals surface area contributed by atoms with Gasteiger partial charge in [0.25, 0.3) is 0 Å². The largest absolute Gasteiger partial charge is 0.485 e. The molecule has 1 fully saturated rings. The number of piperazine rings is 1. The van der Waals surface area contributed by atoms with Crippen molar-refractivity contribution in [2.75, 3.05) is 37.6 Å². The molecule has 3 aromatic rings. The highest BCUT2D eigenvalue weighted by Gasteiger charge is 2.21. The van der Waals surface area contributed by atoms with Gasteiger partial charge < -0.3 is 9.64 Å². The second kappa shape index (κ2) is 9.53. The minimum atomic E-state index is -0.908. The fourth-order valence-corrected chi connectivity index (χ4v) is 4.42. The van der Waals surface area contributed by atoms with Crippen LogP contribution in [0.15, 0.2) is 60.0 Å². The molecule has 1 atom stereocenters. The number of thiophene rings is 1. The van der Waals surface area contributed by atoms with Crippen molar-refractivity contribution in [3.8, 4) is 5.75 Å². The smallest absolute Gasteiger partial charge is 0.162 e. The molecule has 1 aliphatic rings. The average molecular weight is 433 g/mol. The van der Waals surface area contributed by atoms with Crippen LogP contribution in [0, 0.1) is 17.5 Å². The van der Waals surface area contributed by atoms with Crippen LogP contribution in [-0.4, -0.2) is 37.6 Å². The van der Waals surface area contributed by atoms with Gasteiger partial charge in [-0.25, -0.2) is 13.2 Å². The van der Waals surface area contributed by atoms with Gasteiger partial charge in [-0.2, -0.15) is 0 Å². The molecule has 4 rings (SSSR count). The monoisotopic (exact) mass is 432 g/mol. The van der Waals surface area contributed by atoms with Gasteiger partial charge in [-0.1, -0.05) is 6.07 Å². The minimum absolute atomic E-state index is 0.218. The molecule has 2 aromatic carbocycles. The van der Waals surface area contributed by atoms with E-state index in [9.17, 15) is 13.2 Å². The molecular weight excluding hydrogens is 409 g/mol. The number of ether oxygens (including phenoxy) is 1. The average Bonchev–Trinajstić information content (AvgIpc) is 3.29. The van der Waals surface area contributed by atoms with E-state index in [0.717, 1.165) is 61.8 Å². The molecule has 0 spiro atoms. The summed E-state index contributed by atoms with van der Waals surface area (Å²) >= 11 is 1.59. The van der Waals surface area contributed by atoms with Gasteiger partial charge in [0.1, 0.15) is 17.7 Å². The summed E-state index contributed by atoms with van der Waals surface area (Å²) in [6, 6.07) is 14.2. The van der Waals surface area contributed by atoms with Crippen molar-refractivity contribution < 1.29 is 17.9 Å². The lowest BCUT2D eigenvalue weighted by atomic mass is 10.1. The van der Waals surface area contributed by atoms with Gasteiger partial charge in [-0.15, -0.1) is 11.3 Å². The lowest BCUT2D eigenvalue weighted by Gasteiger charge is -2.36. The van der Waals surface area contributed by atoms with Crippen molar-refractivity contribution in [2.24, 2.45) is 0 Å². The van der Waals surface area contributed by atoms with E-state index in [-0.39, 0.29) is 11.9 Å². The maximum Gasteiger partial charge on any atom is 0.162 e. The van der Waals surface area contributed by atoms with Crippen LogP contribution in [0.3, 0.4) is 0 Å². The molecule has 0 bridgehead atoms. The highest BCUT2D eigenvalue weighted by Crippen LogP contribution is 2.29. The van der Waals surface area contributed by atoms with Gasteiger partial charge in [0.15, 0.2) is 11.6 Å². The Kier molecular flexibility index (Phi) is 6.59. The van der Waals surface area contributed by atoms with Gasteiger partial charge in [-0.05, 0) is 47.8 Å². The van der Waals surface area contributed by atoms with Gasteiger partial charge in [0, 0.05) is 55.8 Å². The Bertz CT molecular complexity index is 942. The van der Waals surface area contributed by atoms with Crippen LogP contribution in [0.4, 0.5) is 18.9 Å². The molecule has 0 saturated carbocycles. The summed E-state index contributed by atoms with van der Waals surface area (Å²) in [5, 5.41) is 1.98. The summed E-state index contributed by atoms with van der Waals surface area (Å²) in [4.78, 5) is 5.68. The first kappa shape index (κ1) is 20.8. The summed E-state index contributed by atoms with van der Waals surface area (Å²) in [7, 11) is 0. The summed E-state index contributed by atoms with van der Waals surface area (Å²) in [5.74, 6) is -1.69. The quantitative estimate of drug-likeness (QED) is 0.491. The van der Waals surface area contributed by atoms with Gasteiger partial charge in [-0.3, -0.25) is 4.90 Å². The second-order valence-electron chi connectivity index (χ2n) is 7.29. The Labute approximate surface area is 178 Å². The SMILES string of the molecule is Fc1ccc(N2CCN(CCC(Oc3ccc(F)c(F)c3)c3cccs3)CC2)cc1. The number of nitrogens with zero attached hydrogens (tertiary/aromatic N) is 2. The summed E-state index contributed by atoms with van der Waals surface area (Å²) < 4.78 is 45.9. The van der Waals surface area contributed by atoms with Crippen molar-refractivity contribution >= 4 is 17.0 Å². The van der Waals surface area contributed by atoms with E-state index >= 15 is 0 Å². The van der Waals surface area contributed by atoms with Crippen molar-refractivity contribution in [2.45, 2.75) is 12.5 Å². The molecule has 1 aromatic heterocycles. The number of halogens is 3. The summed E-state index contributed by atoms with van der Waals surface area (Å²) in [5.41, 5.74) is 1.04. The highest BCUT2D eigenvalue weighted by atomic mass is 32.1. The van der Waals surface area contributed by atoms with Crippen molar-refractivity contribution in [3.63, 3.8) is 0 Å². The number of rotatable bonds is 7. The Balaban J connectivity index is 1.34. The second-order valence-corrected chi connectivity index (χ2v) is 8.27. The maximum absolute atomic E-state index is 13.6. The molecule has 0 aliphatic carbocycles. The Morgan fingerprint density at radius 2 is 1.67 bits per heavy atom. The topological polar surface area (TPSA) is 15.7 Å². The molecule has 0 amide bonds. The Morgan fingerprint density at radius 3 is 2.33 bits per heavy atom. The highest BCUT2D eigenvalue weighted by molar-refractivity contribution is 7.10. The molecule has 0 radical (unpaired) electrons. The molecule has 3 nitrogen and oxygen atoms in total. The predicted molar refractivity (Wildman–Crippen MR) is 114 cm³/mol. The third-order valence-corrected chi connectivity index (χ3v) is 6.27. The fraction of sp³-hybridized carbons (Fsp3) is 0.304. The zero-order chi connectivity index (χ0) is 20.9. The van der Waals surface area contributed by atoms with Crippen LogP contribution in [-0.2, 0) is 0 Å². The molecule has 158 valence electrons. The Hall–Kier alpha value is -2.51. The van der Waals surface area contributed by atoms with E-state index in [0.29, 0.717) is 5.75 Å². The molecular formula is C23H23F3N2OS. The molecule has 1 unspecified atom stereocenters. The standard InChI is InChI=1S/C23H23F3N2OS/c24-17-3-5-18(6-4-17)28-13-11-27(12-14-28)10-9-22(23-2-1-15-30-23)29-19-7-8-20(25)21(26)16-19/h1-8,15-16,22H,9-14H2. The van der Waals surface area contributed by atoms with Crippen LogP contribution in [0.2, 0.25) is 0 Å². The van der Waals surface area contributed by atoms with E-state index in [1.165, 1.54) is 18.2 Å². The number of hydrogen-bond acceptors (Lipinski definition) is 4. The Morgan fingerprint density at radius 1 is 0.900 bits per heavy atom. The normalized spacial score (nSPS) is 15.9. The molecule has 7 heteroatoms. The van der Waals surface area contributed by atoms with E-state index < -0.39 is 11.6 Å². The zero-order valence-corrected chi connectivity index (χ0v) is 17.3. The number of benzene rings is 2. The van der Waals surface area contributed by atoms with E-state index in [4.69, 9.17) is 4.74 Å². The third-order valence-electron chi connectivity index (χ3n) is 5.30. The molecule has 0 N–H and O–H groups in total. The minimum Gasteiger partial charge on any atom is -0.485 e. The van der Waals surface area contributed by atoms with E-state index in [1.54, 1.807) is 11.3 Å². The lowest BCUT2D eigenvalue weighted by molar-refractivity contribution is 0.162.